The molecule has 1 aliphatic carbocycles. The van der Waals surface area contributed by atoms with Crippen molar-refractivity contribution < 1.29 is 4.74 Å². The van der Waals surface area contributed by atoms with Crippen molar-refractivity contribution in [3.63, 3.8) is 0 Å². The normalized spacial score (nSPS) is 25.9. The molecule has 0 saturated heterocycles. The van der Waals surface area contributed by atoms with E-state index in [0.717, 1.165) is 12.3 Å². The van der Waals surface area contributed by atoms with E-state index in [0.29, 0.717) is 6.04 Å². The molecule has 2 atom stereocenters. The molecule has 2 heteroatoms. The molecule has 0 fully saturated rings. The van der Waals surface area contributed by atoms with Crippen molar-refractivity contribution in [1.82, 2.24) is 0 Å². The SMILES string of the molecule is CCN1c2ccccc2OC2C=CC=CC21. The number of fused-ring (bicyclic) bond motifs is 2. The van der Waals surface area contributed by atoms with Crippen LogP contribution in [0.25, 0.3) is 0 Å². The highest BCUT2D eigenvalue weighted by molar-refractivity contribution is 5.62. The fourth-order valence-corrected chi connectivity index (χ4v) is 2.45. The number of allylic oxidation sites excluding steroid dienone is 2. The first-order valence-electron chi connectivity index (χ1n) is 5.77. The Labute approximate surface area is 95.8 Å². The van der Waals surface area contributed by atoms with Crippen LogP contribution in [0.5, 0.6) is 5.75 Å². The van der Waals surface area contributed by atoms with Gasteiger partial charge in [-0.2, -0.15) is 0 Å². The van der Waals surface area contributed by atoms with E-state index in [4.69, 9.17) is 4.74 Å². The van der Waals surface area contributed by atoms with E-state index in [1.807, 2.05) is 12.1 Å². The summed E-state index contributed by atoms with van der Waals surface area (Å²) in [4.78, 5) is 2.39. The highest BCUT2D eigenvalue weighted by atomic mass is 16.5. The third-order valence-electron chi connectivity index (χ3n) is 3.20. The van der Waals surface area contributed by atoms with Crippen LogP contribution in [0.2, 0.25) is 0 Å². The topological polar surface area (TPSA) is 12.5 Å². The van der Waals surface area contributed by atoms with Crippen LogP contribution in [0.4, 0.5) is 5.69 Å². The van der Waals surface area contributed by atoms with Crippen LogP contribution in [0.1, 0.15) is 6.92 Å². The van der Waals surface area contributed by atoms with Crippen molar-refractivity contribution in [2.45, 2.75) is 19.1 Å². The lowest BCUT2D eigenvalue weighted by Gasteiger charge is -2.41. The Morgan fingerprint density at radius 2 is 2.00 bits per heavy atom. The Kier molecular flexibility index (Phi) is 2.21. The Bertz CT molecular complexity index is 450. The molecular formula is C14H15NO. The van der Waals surface area contributed by atoms with Gasteiger partial charge in [0.25, 0.3) is 0 Å². The van der Waals surface area contributed by atoms with Crippen LogP contribution in [-0.4, -0.2) is 18.7 Å². The summed E-state index contributed by atoms with van der Waals surface area (Å²) in [6, 6.07) is 8.59. The number of ether oxygens (including phenoxy) is 1. The highest BCUT2D eigenvalue weighted by Gasteiger charge is 2.32. The van der Waals surface area contributed by atoms with Crippen LogP contribution < -0.4 is 9.64 Å². The van der Waals surface area contributed by atoms with Crippen molar-refractivity contribution >= 4 is 5.69 Å². The highest BCUT2D eigenvalue weighted by Crippen LogP contribution is 2.37. The quantitative estimate of drug-likeness (QED) is 0.711. The van der Waals surface area contributed by atoms with Crippen molar-refractivity contribution in [3.05, 3.63) is 48.6 Å². The molecule has 1 aliphatic heterocycles. The zero-order valence-electron chi connectivity index (χ0n) is 9.34. The summed E-state index contributed by atoms with van der Waals surface area (Å²) in [7, 11) is 0. The van der Waals surface area contributed by atoms with Crippen LogP contribution in [-0.2, 0) is 0 Å². The van der Waals surface area contributed by atoms with E-state index in [1.165, 1.54) is 5.69 Å². The molecule has 2 aliphatic rings. The number of hydrogen-bond donors (Lipinski definition) is 0. The predicted octanol–water partition coefficient (Wildman–Crippen LogP) is 2.77. The molecule has 0 aromatic heterocycles. The maximum absolute atomic E-state index is 5.99. The molecule has 16 heavy (non-hydrogen) atoms. The lowest BCUT2D eigenvalue weighted by atomic mass is 10.0. The van der Waals surface area contributed by atoms with E-state index < -0.39 is 0 Å². The van der Waals surface area contributed by atoms with Gasteiger partial charge in [0.15, 0.2) is 0 Å². The summed E-state index contributed by atoms with van der Waals surface area (Å²) in [5, 5.41) is 0. The van der Waals surface area contributed by atoms with E-state index >= 15 is 0 Å². The predicted molar refractivity (Wildman–Crippen MR) is 65.9 cm³/mol. The minimum Gasteiger partial charge on any atom is -0.482 e. The summed E-state index contributed by atoms with van der Waals surface area (Å²) in [5.74, 6) is 0.991. The lowest BCUT2D eigenvalue weighted by Crippen LogP contribution is -2.48. The minimum atomic E-state index is 0.153. The van der Waals surface area contributed by atoms with Gasteiger partial charge < -0.3 is 9.64 Å². The molecule has 0 spiro atoms. The molecule has 0 radical (unpaired) electrons. The molecule has 3 rings (SSSR count). The van der Waals surface area contributed by atoms with Crippen molar-refractivity contribution in [2.75, 3.05) is 11.4 Å². The van der Waals surface area contributed by atoms with Gasteiger partial charge >= 0.3 is 0 Å². The Morgan fingerprint density at radius 3 is 2.88 bits per heavy atom. The summed E-state index contributed by atoms with van der Waals surface area (Å²) < 4.78 is 5.99. The zero-order valence-corrected chi connectivity index (χ0v) is 9.34. The van der Waals surface area contributed by atoms with Crippen molar-refractivity contribution in [3.8, 4) is 5.75 Å². The average Bonchev–Trinajstić information content (AvgIpc) is 2.36. The smallest absolute Gasteiger partial charge is 0.143 e. The second-order valence-corrected chi connectivity index (χ2v) is 4.10. The van der Waals surface area contributed by atoms with Gasteiger partial charge in [0.05, 0.1) is 11.7 Å². The number of para-hydroxylation sites is 2. The van der Waals surface area contributed by atoms with Gasteiger partial charge in [0.1, 0.15) is 11.9 Å². The number of rotatable bonds is 1. The van der Waals surface area contributed by atoms with Gasteiger partial charge in [0, 0.05) is 6.54 Å². The fourth-order valence-electron chi connectivity index (χ4n) is 2.45. The Balaban J connectivity index is 2.07. The third-order valence-corrected chi connectivity index (χ3v) is 3.20. The van der Waals surface area contributed by atoms with Gasteiger partial charge in [-0.1, -0.05) is 30.4 Å². The van der Waals surface area contributed by atoms with Gasteiger partial charge in [-0.05, 0) is 25.1 Å². The molecule has 1 aromatic rings. The molecule has 1 heterocycles. The average molecular weight is 213 g/mol. The van der Waals surface area contributed by atoms with Crippen LogP contribution in [0, 0.1) is 0 Å². The molecule has 0 N–H and O–H groups in total. The fraction of sp³-hybridized carbons (Fsp3) is 0.286. The van der Waals surface area contributed by atoms with Gasteiger partial charge in [-0.3, -0.25) is 0 Å². The lowest BCUT2D eigenvalue weighted by molar-refractivity contribution is 0.212. The number of likely N-dealkylation sites (N-methyl/N-ethyl adjacent to an activating group) is 1. The molecular weight excluding hydrogens is 198 g/mol. The summed E-state index contributed by atoms with van der Waals surface area (Å²) in [6.07, 6.45) is 8.65. The molecule has 1 aromatic carbocycles. The third kappa shape index (κ3) is 1.33. The minimum absolute atomic E-state index is 0.153. The van der Waals surface area contributed by atoms with Crippen LogP contribution in [0.15, 0.2) is 48.6 Å². The Hall–Kier alpha value is -1.70. The largest absolute Gasteiger partial charge is 0.482 e. The Morgan fingerprint density at radius 1 is 1.19 bits per heavy atom. The molecule has 2 unspecified atom stereocenters. The van der Waals surface area contributed by atoms with Crippen LogP contribution in [0.3, 0.4) is 0 Å². The summed E-state index contributed by atoms with van der Waals surface area (Å²) >= 11 is 0. The van der Waals surface area contributed by atoms with Crippen molar-refractivity contribution in [2.24, 2.45) is 0 Å². The number of anilines is 1. The molecule has 0 amide bonds. The maximum Gasteiger partial charge on any atom is 0.143 e. The molecule has 0 bridgehead atoms. The first kappa shape index (κ1) is 9.52. The van der Waals surface area contributed by atoms with E-state index in [-0.39, 0.29) is 6.10 Å². The van der Waals surface area contributed by atoms with E-state index in [9.17, 15) is 0 Å². The molecule has 0 saturated carbocycles. The second-order valence-electron chi connectivity index (χ2n) is 4.10. The van der Waals surface area contributed by atoms with Gasteiger partial charge in [-0.25, -0.2) is 0 Å². The van der Waals surface area contributed by atoms with Gasteiger partial charge in [0.2, 0.25) is 0 Å². The number of benzene rings is 1. The van der Waals surface area contributed by atoms with Gasteiger partial charge in [-0.15, -0.1) is 0 Å². The maximum atomic E-state index is 5.99. The first-order chi connectivity index (χ1) is 7.90. The standard InChI is InChI=1S/C14H15NO/c1-2-15-11-7-3-5-9-13(11)16-14-10-6-4-8-12(14)15/h3-11,13H,2H2,1H3. The summed E-state index contributed by atoms with van der Waals surface area (Å²) in [5.41, 5.74) is 1.20. The second kappa shape index (κ2) is 3.71. The summed E-state index contributed by atoms with van der Waals surface area (Å²) in [6.45, 7) is 3.19. The first-order valence-corrected chi connectivity index (χ1v) is 5.77. The molecule has 82 valence electrons. The van der Waals surface area contributed by atoms with E-state index in [1.54, 1.807) is 0 Å². The van der Waals surface area contributed by atoms with Crippen molar-refractivity contribution in [1.29, 1.82) is 0 Å². The number of nitrogens with zero attached hydrogens (tertiary/aromatic N) is 1. The number of hydrogen-bond acceptors (Lipinski definition) is 2. The monoisotopic (exact) mass is 213 g/mol. The molecule has 2 nitrogen and oxygen atoms in total. The van der Waals surface area contributed by atoms with E-state index in [2.05, 4.69) is 48.3 Å². The van der Waals surface area contributed by atoms with Crippen LogP contribution >= 0.6 is 0 Å². The zero-order chi connectivity index (χ0) is 11.0.